The minimum atomic E-state index is 0. The van der Waals surface area contributed by atoms with Gasteiger partial charge >= 0.3 is 0 Å². The van der Waals surface area contributed by atoms with Crippen LogP contribution in [-0.2, 0) is 11.2 Å². The second-order valence-corrected chi connectivity index (χ2v) is 6.20. The van der Waals surface area contributed by atoms with Crippen LogP contribution < -0.4 is 14.8 Å². The molecule has 2 atom stereocenters. The van der Waals surface area contributed by atoms with Crippen LogP contribution in [0.1, 0.15) is 12.0 Å². The van der Waals surface area contributed by atoms with Gasteiger partial charge < -0.3 is 19.7 Å². The number of carbonyl (C=O) groups excluding carboxylic acids is 1. The first-order chi connectivity index (χ1) is 10.7. The number of benzene rings is 1. The van der Waals surface area contributed by atoms with E-state index in [1.54, 1.807) is 14.2 Å². The summed E-state index contributed by atoms with van der Waals surface area (Å²) in [5.41, 5.74) is 1.07. The number of nitrogens with zero attached hydrogens (tertiary/aromatic N) is 1. The molecular formula is C17H25ClN2O3. The highest BCUT2D eigenvalue weighted by atomic mass is 35.5. The Bertz CT molecular complexity index is 518. The topological polar surface area (TPSA) is 50.8 Å². The Balaban J connectivity index is 0.00000192. The lowest BCUT2D eigenvalue weighted by molar-refractivity contribution is -0.130. The van der Waals surface area contributed by atoms with Crippen molar-refractivity contribution in [1.29, 1.82) is 0 Å². The highest BCUT2D eigenvalue weighted by molar-refractivity contribution is 5.85. The Morgan fingerprint density at radius 2 is 1.70 bits per heavy atom. The first-order valence-corrected chi connectivity index (χ1v) is 7.90. The van der Waals surface area contributed by atoms with Gasteiger partial charge in [0.25, 0.3) is 0 Å². The molecule has 0 aromatic heterocycles. The third-order valence-corrected chi connectivity index (χ3v) is 4.78. The van der Waals surface area contributed by atoms with Gasteiger partial charge in [0.2, 0.25) is 5.91 Å². The maximum atomic E-state index is 12.4. The molecule has 5 nitrogen and oxygen atoms in total. The van der Waals surface area contributed by atoms with Gasteiger partial charge in [-0.25, -0.2) is 0 Å². The SMILES string of the molecule is COc1cc(CCC(=O)N2C[C@H]3CNC[C@H]3C2)cc(OC)c1.Cl. The van der Waals surface area contributed by atoms with Crippen molar-refractivity contribution in [2.24, 2.45) is 11.8 Å². The number of halogens is 1. The van der Waals surface area contributed by atoms with Gasteiger partial charge in [-0.15, -0.1) is 12.4 Å². The molecule has 2 saturated heterocycles. The van der Waals surface area contributed by atoms with E-state index in [2.05, 4.69) is 5.32 Å². The monoisotopic (exact) mass is 340 g/mol. The van der Waals surface area contributed by atoms with Crippen LogP contribution in [0.15, 0.2) is 18.2 Å². The number of methoxy groups -OCH3 is 2. The van der Waals surface area contributed by atoms with E-state index in [0.29, 0.717) is 18.3 Å². The van der Waals surface area contributed by atoms with E-state index in [0.717, 1.165) is 49.7 Å². The molecule has 0 radical (unpaired) electrons. The Morgan fingerprint density at radius 1 is 1.13 bits per heavy atom. The third-order valence-electron chi connectivity index (χ3n) is 4.78. The predicted octanol–water partition coefficient (Wildman–Crippen LogP) is 1.74. The normalized spacial score (nSPS) is 22.4. The summed E-state index contributed by atoms with van der Waals surface area (Å²) < 4.78 is 10.5. The van der Waals surface area contributed by atoms with Crippen LogP contribution in [0.2, 0.25) is 0 Å². The quantitative estimate of drug-likeness (QED) is 0.887. The fourth-order valence-corrected chi connectivity index (χ4v) is 3.48. The van der Waals surface area contributed by atoms with Crippen molar-refractivity contribution in [3.63, 3.8) is 0 Å². The van der Waals surface area contributed by atoms with E-state index >= 15 is 0 Å². The van der Waals surface area contributed by atoms with Gasteiger partial charge in [-0.3, -0.25) is 4.79 Å². The molecule has 2 heterocycles. The largest absolute Gasteiger partial charge is 0.497 e. The summed E-state index contributed by atoms with van der Waals surface area (Å²) in [5.74, 6) is 3.10. The lowest BCUT2D eigenvalue weighted by Gasteiger charge is -2.17. The van der Waals surface area contributed by atoms with Gasteiger partial charge in [-0.05, 0) is 36.0 Å². The minimum Gasteiger partial charge on any atom is -0.497 e. The summed E-state index contributed by atoms with van der Waals surface area (Å²) in [6.07, 6.45) is 1.26. The van der Waals surface area contributed by atoms with Crippen molar-refractivity contribution in [2.75, 3.05) is 40.4 Å². The molecule has 1 aromatic rings. The molecule has 1 aromatic carbocycles. The lowest BCUT2D eigenvalue weighted by Crippen LogP contribution is -2.31. The van der Waals surface area contributed by atoms with Crippen LogP contribution in [0.25, 0.3) is 0 Å². The number of carbonyl (C=O) groups is 1. The summed E-state index contributed by atoms with van der Waals surface area (Å²) in [6.45, 7) is 3.94. The van der Waals surface area contributed by atoms with Crippen LogP contribution in [0.3, 0.4) is 0 Å². The standard InChI is InChI=1S/C17H24N2O3.ClH/c1-21-15-5-12(6-16(7-15)22-2)3-4-17(20)19-10-13-8-18-9-14(13)11-19;/h5-7,13-14,18H,3-4,8-11H2,1-2H3;1H/t13-,14+;. The Hall–Kier alpha value is -1.46. The number of rotatable bonds is 5. The van der Waals surface area contributed by atoms with Gasteiger partial charge in [0.05, 0.1) is 14.2 Å². The molecular weight excluding hydrogens is 316 g/mol. The first-order valence-electron chi connectivity index (χ1n) is 7.90. The molecule has 0 saturated carbocycles. The number of aryl methyl sites for hydroxylation is 1. The zero-order chi connectivity index (χ0) is 15.5. The number of nitrogens with one attached hydrogen (secondary N) is 1. The summed E-state index contributed by atoms with van der Waals surface area (Å²) >= 11 is 0. The summed E-state index contributed by atoms with van der Waals surface area (Å²) in [6, 6.07) is 5.79. The van der Waals surface area contributed by atoms with Crippen molar-refractivity contribution in [3.8, 4) is 11.5 Å². The fourth-order valence-electron chi connectivity index (χ4n) is 3.48. The molecule has 2 fully saturated rings. The Morgan fingerprint density at radius 3 is 2.22 bits per heavy atom. The van der Waals surface area contributed by atoms with Crippen molar-refractivity contribution in [3.05, 3.63) is 23.8 Å². The highest BCUT2D eigenvalue weighted by Crippen LogP contribution is 2.27. The molecule has 128 valence electrons. The third kappa shape index (κ3) is 4.09. The van der Waals surface area contributed by atoms with Crippen molar-refractivity contribution < 1.29 is 14.3 Å². The number of ether oxygens (including phenoxy) is 2. The van der Waals surface area contributed by atoms with Crippen LogP contribution in [-0.4, -0.2) is 51.2 Å². The molecule has 0 bridgehead atoms. The van der Waals surface area contributed by atoms with Gasteiger partial charge in [0.1, 0.15) is 11.5 Å². The average molecular weight is 341 g/mol. The number of fused-ring (bicyclic) bond motifs is 1. The zero-order valence-corrected chi connectivity index (χ0v) is 14.5. The van der Waals surface area contributed by atoms with Crippen LogP contribution in [0, 0.1) is 11.8 Å². The summed E-state index contributed by atoms with van der Waals surface area (Å²) in [7, 11) is 3.28. The molecule has 1 amide bonds. The molecule has 1 N–H and O–H groups in total. The van der Waals surface area contributed by atoms with Gasteiger partial charge in [0.15, 0.2) is 0 Å². The summed E-state index contributed by atoms with van der Waals surface area (Å²) in [4.78, 5) is 14.4. The van der Waals surface area contributed by atoms with Crippen molar-refractivity contribution in [1.82, 2.24) is 10.2 Å². The van der Waals surface area contributed by atoms with Crippen molar-refractivity contribution in [2.45, 2.75) is 12.8 Å². The predicted molar refractivity (Wildman–Crippen MR) is 91.5 cm³/mol. The molecule has 0 aliphatic carbocycles. The minimum absolute atomic E-state index is 0. The van der Waals surface area contributed by atoms with E-state index in [1.807, 2.05) is 23.1 Å². The van der Waals surface area contributed by atoms with E-state index in [9.17, 15) is 4.79 Å². The number of hydrogen-bond donors (Lipinski definition) is 1. The zero-order valence-electron chi connectivity index (χ0n) is 13.7. The van der Waals surface area contributed by atoms with E-state index in [1.165, 1.54) is 0 Å². The molecule has 3 rings (SSSR count). The first kappa shape index (κ1) is 17.9. The second-order valence-electron chi connectivity index (χ2n) is 6.20. The molecule has 6 heteroatoms. The molecule has 0 spiro atoms. The van der Waals surface area contributed by atoms with Crippen LogP contribution in [0.4, 0.5) is 0 Å². The fraction of sp³-hybridized carbons (Fsp3) is 0.588. The molecule has 2 aliphatic heterocycles. The Kier molecular flexibility index (Phi) is 6.13. The molecule has 0 unspecified atom stereocenters. The van der Waals surface area contributed by atoms with E-state index < -0.39 is 0 Å². The average Bonchev–Trinajstić information content (AvgIpc) is 3.13. The Labute approximate surface area is 143 Å². The molecule has 2 aliphatic rings. The van der Waals surface area contributed by atoms with E-state index in [-0.39, 0.29) is 18.3 Å². The molecule has 23 heavy (non-hydrogen) atoms. The van der Waals surface area contributed by atoms with E-state index in [4.69, 9.17) is 9.47 Å². The number of hydrogen-bond acceptors (Lipinski definition) is 4. The van der Waals surface area contributed by atoms with Gasteiger partial charge in [0, 0.05) is 38.7 Å². The second kappa shape index (κ2) is 7.88. The number of likely N-dealkylation sites (tertiary alicyclic amines) is 1. The van der Waals surface area contributed by atoms with Gasteiger partial charge in [-0.1, -0.05) is 0 Å². The van der Waals surface area contributed by atoms with Crippen molar-refractivity contribution >= 4 is 18.3 Å². The highest BCUT2D eigenvalue weighted by Gasteiger charge is 2.37. The van der Waals surface area contributed by atoms with Crippen LogP contribution >= 0.6 is 12.4 Å². The maximum absolute atomic E-state index is 12.4. The van der Waals surface area contributed by atoms with Gasteiger partial charge in [-0.2, -0.15) is 0 Å². The maximum Gasteiger partial charge on any atom is 0.222 e. The smallest absolute Gasteiger partial charge is 0.222 e. The summed E-state index contributed by atoms with van der Waals surface area (Å²) in [5, 5.41) is 3.40. The lowest BCUT2D eigenvalue weighted by atomic mass is 10.0. The van der Waals surface area contributed by atoms with Crippen LogP contribution in [0.5, 0.6) is 11.5 Å². The number of amides is 1.